The molecule has 1 aromatic heterocycles. The number of aliphatic carboxylic acids is 1. The van der Waals surface area contributed by atoms with E-state index in [4.69, 9.17) is 30.8 Å². The molecule has 1 fully saturated rings. The molecule has 1 aromatic carbocycles. The first-order valence-electron chi connectivity index (χ1n) is 9.28. The Balaban J connectivity index is 1.52. The van der Waals surface area contributed by atoms with Crippen LogP contribution in [0.15, 0.2) is 24.3 Å². The number of hydrogen-bond acceptors (Lipinski definition) is 9. The lowest BCUT2D eigenvalue weighted by atomic mass is 9.97. The minimum absolute atomic E-state index is 0.0780. The molecule has 0 bridgehead atoms. The quantitative estimate of drug-likeness (QED) is 0.639. The van der Waals surface area contributed by atoms with E-state index in [1.165, 1.54) is 0 Å². The molecule has 154 valence electrons. The Bertz CT molecular complexity index is 924. The maximum atomic E-state index is 10.8. The predicted octanol–water partition coefficient (Wildman–Crippen LogP) is 0.311. The molecule has 4 rings (SSSR count). The Hall–Kier alpha value is -3.11. The number of anilines is 2. The second kappa shape index (κ2) is 7.72. The largest absolute Gasteiger partial charge is 0.482 e. The minimum Gasteiger partial charge on any atom is -0.482 e. The van der Waals surface area contributed by atoms with Crippen LogP contribution in [0.25, 0.3) is 0 Å². The number of hydrogen-bond donors (Lipinski definition) is 3. The van der Waals surface area contributed by atoms with Gasteiger partial charge in [-0.25, -0.2) is 4.79 Å². The number of carboxylic acid groups (broad SMARTS) is 1. The molecule has 5 N–H and O–H groups in total. The van der Waals surface area contributed by atoms with E-state index >= 15 is 0 Å². The van der Waals surface area contributed by atoms with Crippen molar-refractivity contribution < 1.29 is 24.1 Å². The zero-order valence-electron chi connectivity index (χ0n) is 15.8. The van der Waals surface area contributed by atoms with Gasteiger partial charge in [0, 0.05) is 31.6 Å². The number of nitrogens with two attached hydrogens (primary N) is 2. The van der Waals surface area contributed by atoms with Gasteiger partial charge in [-0.05, 0) is 6.07 Å². The number of ether oxygens (including phenoxy) is 3. The number of rotatable bonds is 5. The molecule has 0 aliphatic carbocycles. The third-order valence-electron chi connectivity index (χ3n) is 4.98. The lowest BCUT2D eigenvalue weighted by Gasteiger charge is -2.31. The number of aromatic nitrogens is 2. The van der Waals surface area contributed by atoms with Crippen molar-refractivity contribution in [3.05, 3.63) is 35.4 Å². The van der Waals surface area contributed by atoms with Crippen molar-refractivity contribution >= 4 is 17.7 Å². The molecule has 0 radical (unpaired) electrons. The highest BCUT2D eigenvalue weighted by molar-refractivity contribution is 5.68. The van der Waals surface area contributed by atoms with Crippen molar-refractivity contribution in [2.24, 2.45) is 0 Å². The smallest absolute Gasteiger partial charge is 0.341 e. The normalized spacial score (nSPS) is 21.4. The molecule has 29 heavy (non-hydrogen) atoms. The summed E-state index contributed by atoms with van der Waals surface area (Å²) in [5.74, 6) is 0.345. The highest BCUT2D eigenvalue weighted by atomic mass is 16.6. The van der Waals surface area contributed by atoms with Gasteiger partial charge in [0.1, 0.15) is 11.6 Å². The zero-order chi connectivity index (χ0) is 20.4. The fraction of sp³-hybridized carbons (Fsp3) is 0.421. The molecule has 1 unspecified atom stereocenters. The summed E-state index contributed by atoms with van der Waals surface area (Å²) in [6.07, 6.45) is 0.530. The van der Waals surface area contributed by atoms with Gasteiger partial charge >= 0.3 is 5.97 Å². The van der Waals surface area contributed by atoms with E-state index in [1.807, 2.05) is 18.2 Å². The first-order valence-corrected chi connectivity index (χ1v) is 9.28. The highest BCUT2D eigenvalue weighted by Crippen LogP contribution is 2.38. The van der Waals surface area contributed by atoms with E-state index in [9.17, 15) is 4.79 Å². The van der Waals surface area contributed by atoms with Crippen LogP contribution < -0.4 is 20.9 Å². The average molecular weight is 401 g/mol. The fourth-order valence-corrected chi connectivity index (χ4v) is 3.75. The molecule has 1 saturated heterocycles. The van der Waals surface area contributed by atoms with Crippen LogP contribution in [0.1, 0.15) is 11.1 Å². The molecule has 2 aliphatic heterocycles. The summed E-state index contributed by atoms with van der Waals surface area (Å²) in [7, 11) is 0. The van der Waals surface area contributed by atoms with Crippen LogP contribution in [-0.4, -0.2) is 64.5 Å². The Morgan fingerprint density at radius 1 is 1.31 bits per heavy atom. The van der Waals surface area contributed by atoms with Crippen LogP contribution in [0.3, 0.4) is 0 Å². The van der Waals surface area contributed by atoms with Crippen molar-refractivity contribution in [2.45, 2.75) is 18.6 Å². The van der Waals surface area contributed by atoms with Crippen molar-refractivity contribution in [3.63, 3.8) is 0 Å². The molecule has 1 atom stereocenters. The number of para-hydroxylation sites is 1. The number of benzene rings is 1. The molecule has 0 amide bonds. The maximum Gasteiger partial charge on any atom is 0.341 e. The van der Waals surface area contributed by atoms with Gasteiger partial charge in [0.2, 0.25) is 11.8 Å². The lowest BCUT2D eigenvalue weighted by molar-refractivity contribution is -0.139. The molecular weight excluding hydrogens is 378 g/mol. The van der Waals surface area contributed by atoms with Gasteiger partial charge in [0.25, 0.3) is 0 Å². The van der Waals surface area contributed by atoms with Gasteiger partial charge < -0.3 is 30.8 Å². The van der Waals surface area contributed by atoms with E-state index < -0.39 is 11.6 Å². The summed E-state index contributed by atoms with van der Waals surface area (Å²) in [5, 5.41) is 8.89. The van der Waals surface area contributed by atoms with Gasteiger partial charge in [-0.3, -0.25) is 4.90 Å². The maximum absolute atomic E-state index is 10.8. The molecule has 3 heterocycles. The number of carboxylic acids is 1. The van der Waals surface area contributed by atoms with Gasteiger partial charge in [-0.15, -0.1) is 0 Å². The summed E-state index contributed by atoms with van der Waals surface area (Å²) >= 11 is 0. The van der Waals surface area contributed by atoms with Gasteiger partial charge in [-0.2, -0.15) is 9.97 Å². The third kappa shape index (κ3) is 4.17. The molecule has 2 aliphatic rings. The Morgan fingerprint density at radius 2 is 2.14 bits per heavy atom. The Morgan fingerprint density at radius 3 is 2.97 bits per heavy atom. The van der Waals surface area contributed by atoms with Crippen molar-refractivity contribution in [3.8, 4) is 11.6 Å². The third-order valence-corrected chi connectivity index (χ3v) is 4.98. The number of fused-ring (bicyclic) bond motifs is 1. The zero-order valence-corrected chi connectivity index (χ0v) is 15.8. The second-order valence-corrected chi connectivity index (χ2v) is 7.27. The predicted molar refractivity (Wildman–Crippen MR) is 104 cm³/mol. The summed E-state index contributed by atoms with van der Waals surface area (Å²) in [5.41, 5.74) is 12.7. The van der Waals surface area contributed by atoms with E-state index in [0.717, 1.165) is 11.1 Å². The minimum atomic E-state index is -1.02. The molecule has 10 nitrogen and oxygen atoms in total. The van der Waals surface area contributed by atoms with Crippen LogP contribution in [-0.2, 0) is 22.5 Å². The lowest BCUT2D eigenvalue weighted by Crippen LogP contribution is -2.48. The molecular formula is C19H23N5O5. The average Bonchev–Trinajstić information content (AvgIpc) is 2.90. The van der Waals surface area contributed by atoms with Gasteiger partial charge in [0.15, 0.2) is 12.2 Å². The monoisotopic (exact) mass is 401 g/mol. The van der Waals surface area contributed by atoms with Crippen LogP contribution in [0, 0.1) is 0 Å². The fourth-order valence-electron chi connectivity index (χ4n) is 3.75. The summed E-state index contributed by atoms with van der Waals surface area (Å²) in [4.78, 5) is 21.2. The van der Waals surface area contributed by atoms with Crippen molar-refractivity contribution in [2.75, 3.05) is 44.4 Å². The summed E-state index contributed by atoms with van der Waals surface area (Å²) in [6.45, 7) is 2.39. The Labute approximate surface area is 167 Å². The number of carbonyl (C=O) groups is 1. The van der Waals surface area contributed by atoms with E-state index in [2.05, 4.69) is 14.9 Å². The van der Waals surface area contributed by atoms with Crippen LogP contribution in [0.4, 0.5) is 11.8 Å². The van der Waals surface area contributed by atoms with Crippen LogP contribution >= 0.6 is 0 Å². The summed E-state index contributed by atoms with van der Waals surface area (Å²) < 4.78 is 17.4. The van der Waals surface area contributed by atoms with Crippen molar-refractivity contribution in [1.82, 2.24) is 14.9 Å². The van der Waals surface area contributed by atoms with Crippen LogP contribution in [0.5, 0.6) is 11.6 Å². The number of nitrogens with zero attached hydrogens (tertiary/aromatic N) is 3. The van der Waals surface area contributed by atoms with E-state index in [1.54, 1.807) is 6.07 Å². The highest BCUT2D eigenvalue weighted by Gasteiger charge is 2.44. The van der Waals surface area contributed by atoms with E-state index in [-0.39, 0.29) is 12.6 Å². The molecule has 10 heteroatoms. The van der Waals surface area contributed by atoms with Gasteiger partial charge in [0.05, 0.1) is 18.8 Å². The molecule has 2 aromatic rings. The SMILES string of the molecule is Nc1nc(N)c2c(n1)OC1(COCCN(Cc3ccccc3OCC(=O)O)C1)C2. The first kappa shape index (κ1) is 19.2. The number of nitrogen functional groups attached to an aromatic ring is 2. The van der Waals surface area contributed by atoms with E-state index in [0.29, 0.717) is 56.7 Å². The first-order chi connectivity index (χ1) is 13.9. The Kier molecular flexibility index (Phi) is 5.12. The second-order valence-electron chi connectivity index (χ2n) is 7.27. The molecule has 0 saturated carbocycles. The van der Waals surface area contributed by atoms with Crippen molar-refractivity contribution in [1.29, 1.82) is 0 Å². The van der Waals surface area contributed by atoms with Crippen LogP contribution in [0.2, 0.25) is 0 Å². The molecule has 1 spiro atoms. The topological polar surface area (TPSA) is 146 Å². The standard InChI is InChI=1S/C19H23N5O5/c20-16-13-7-19(29-17(13)23-18(21)22-16)10-24(5-6-27-11-19)8-12-3-1-2-4-14(12)28-9-15(25)26/h1-4H,5-11H2,(H,25,26)(H4,20,21,22,23). The summed E-state index contributed by atoms with van der Waals surface area (Å²) in [6, 6.07) is 7.40. The van der Waals surface area contributed by atoms with Gasteiger partial charge in [-0.1, -0.05) is 18.2 Å².